The Balaban J connectivity index is 1.93. The highest BCUT2D eigenvalue weighted by Gasteiger charge is 2.29. The lowest BCUT2D eigenvalue weighted by Gasteiger charge is -2.19. The molecule has 2 aromatic rings. The number of rotatable bonds is 6. The van der Waals surface area contributed by atoms with Gasteiger partial charge in [0.05, 0.1) is 7.11 Å². The molecule has 3 rings (SSSR count). The van der Waals surface area contributed by atoms with Crippen LogP contribution in [0.5, 0.6) is 5.75 Å². The highest BCUT2D eigenvalue weighted by molar-refractivity contribution is 6.18. The minimum Gasteiger partial charge on any atom is -0.497 e. The van der Waals surface area contributed by atoms with Gasteiger partial charge in [0.25, 0.3) is 5.91 Å². The smallest absolute Gasteiger partial charge is 0.272 e. The van der Waals surface area contributed by atoms with Crippen molar-refractivity contribution in [2.75, 3.05) is 33.8 Å². The van der Waals surface area contributed by atoms with Crippen LogP contribution in [0.2, 0.25) is 0 Å². The van der Waals surface area contributed by atoms with Crippen molar-refractivity contribution in [2.24, 2.45) is 5.92 Å². The Labute approximate surface area is 152 Å². The normalized spacial score (nSPS) is 17.6. The molecule has 1 fully saturated rings. The van der Waals surface area contributed by atoms with Crippen molar-refractivity contribution < 1.29 is 9.53 Å². The number of methoxy groups -OCH3 is 1. The maximum absolute atomic E-state index is 13.2. The standard InChI is InChI=1S/C18H24N6O2/c1-13-20-21-22-24(13)17(10-14-5-4-6-16(9-14)26-3)18(25)23-8-7-15(12-23)11-19-2/h4-6,9-10,15,19H,7-8,11-12H2,1-3H3/b17-10-. The summed E-state index contributed by atoms with van der Waals surface area (Å²) in [5.41, 5.74) is 1.29. The minimum atomic E-state index is -0.0678. The third-order valence-electron chi connectivity index (χ3n) is 4.54. The maximum Gasteiger partial charge on any atom is 0.272 e. The zero-order valence-corrected chi connectivity index (χ0v) is 15.3. The summed E-state index contributed by atoms with van der Waals surface area (Å²) in [5.74, 6) is 1.70. The van der Waals surface area contributed by atoms with Crippen molar-refractivity contribution in [1.29, 1.82) is 0 Å². The van der Waals surface area contributed by atoms with E-state index in [2.05, 4.69) is 20.8 Å². The number of aromatic nitrogens is 4. The monoisotopic (exact) mass is 356 g/mol. The van der Waals surface area contributed by atoms with E-state index >= 15 is 0 Å². The Bertz CT molecular complexity index is 800. The number of amides is 1. The van der Waals surface area contributed by atoms with Crippen LogP contribution in [0.15, 0.2) is 24.3 Å². The van der Waals surface area contributed by atoms with E-state index in [1.165, 1.54) is 4.68 Å². The van der Waals surface area contributed by atoms with Gasteiger partial charge in [0.15, 0.2) is 5.82 Å². The summed E-state index contributed by atoms with van der Waals surface area (Å²) in [6.45, 7) is 4.15. The predicted molar refractivity (Wildman–Crippen MR) is 98.3 cm³/mol. The maximum atomic E-state index is 13.2. The van der Waals surface area contributed by atoms with Gasteiger partial charge in [0, 0.05) is 13.1 Å². The van der Waals surface area contributed by atoms with Gasteiger partial charge in [0.1, 0.15) is 11.4 Å². The van der Waals surface area contributed by atoms with Gasteiger partial charge in [-0.3, -0.25) is 4.79 Å². The highest BCUT2D eigenvalue weighted by Crippen LogP contribution is 2.22. The van der Waals surface area contributed by atoms with Crippen LogP contribution in [-0.2, 0) is 4.79 Å². The number of carbonyl (C=O) groups excluding carboxylic acids is 1. The van der Waals surface area contributed by atoms with Crippen molar-refractivity contribution in [3.05, 3.63) is 35.7 Å². The van der Waals surface area contributed by atoms with E-state index in [-0.39, 0.29) is 5.91 Å². The first-order valence-corrected chi connectivity index (χ1v) is 8.67. The van der Waals surface area contributed by atoms with Gasteiger partial charge in [-0.25, -0.2) is 0 Å². The number of benzene rings is 1. The fourth-order valence-corrected chi connectivity index (χ4v) is 3.19. The van der Waals surface area contributed by atoms with E-state index in [4.69, 9.17) is 4.74 Å². The minimum absolute atomic E-state index is 0.0678. The number of nitrogens with zero attached hydrogens (tertiary/aromatic N) is 5. The van der Waals surface area contributed by atoms with Crippen molar-refractivity contribution in [1.82, 2.24) is 30.4 Å². The highest BCUT2D eigenvalue weighted by atomic mass is 16.5. The molecule has 0 bridgehead atoms. The van der Waals surface area contributed by atoms with Gasteiger partial charge in [-0.05, 0) is 67.1 Å². The summed E-state index contributed by atoms with van der Waals surface area (Å²) in [5, 5.41) is 14.8. The van der Waals surface area contributed by atoms with Crippen molar-refractivity contribution in [3.8, 4) is 5.75 Å². The summed E-state index contributed by atoms with van der Waals surface area (Å²) >= 11 is 0. The number of ether oxygens (including phenoxy) is 1. The molecule has 1 amide bonds. The van der Waals surface area contributed by atoms with E-state index in [0.29, 0.717) is 17.4 Å². The number of likely N-dealkylation sites (tertiary alicyclic amines) is 1. The molecule has 0 spiro atoms. The lowest BCUT2D eigenvalue weighted by molar-refractivity contribution is -0.124. The fraction of sp³-hybridized carbons (Fsp3) is 0.444. The third kappa shape index (κ3) is 3.91. The van der Waals surface area contributed by atoms with Crippen LogP contribution in [0, 0.1) is 12.8 Å². The summed E-state index contributed by atoms with van der Waals surface area (Å²) < 4.78 is 6.77. The van der Waals surface area contributed by atoms with E-state index in [1.54, 1.807) is 20.1 Å². The van der Waals surface area contributed by atoms with Gasteiger partial charge in [-0.15, -0.1) is 5.10 Å². The number of carbonyl (C=O) groups is 1. The fourth-order valence-electron chi connectivity index (χ4n) is 3.19. The third-order valence-corrected chi connectivity index (χ3v) is 4.54. The van der Waals surface area contributed by atoms with E-state index in [0.717, 1.165) is 37.4 Å². The quantitative estimate of drug-likeness (QED) is 0.779. The zero-order valence-electron chi connectivity index (χ0n) is 15.3. The first-order valence-electron chi connectivity index (χ1n) is 8.67. The Hall–Kier alpha value is -2.74. The zero-order chi connectivity index (χ0) is 18.5. The number of nitrogens with one attached hydrogen (secondary N) is 1. The van der Waals surface area contributed by atoms with E-state index in [9.17, 15) is 4.79 Å². The summed E-state index contributed by atoms with van der Waals surface area (Å²) in [4.78, 5) is 15.1. The van der Waals surface area contributed by atoms with Crippen LogP contribution in [-0.4, -0.2) is 64.8 Å². The Morgan fingerprint density at radius 2 is 2.31 bits per heavy atom. The van der Waals surface area contributed by atoms with Crippen LogP contribution in [0.25, 0.3) is 11.8 Å². The lowest BCUT2D eigenvalue weighted by atomic mass is 10.1. The van der Waals surface area contributed by atoms with E-state index in [1.807, 2.05) is 36.2 Å². The van der Waals surface area contributed by atoms with E-state index < -0.39 is 0 Å². The Kier molecular flexibility index (Phi) is 5.62. The topological polar surface area (TPSA) is 85.2 Å². The van der Waals surface area contributed by atoms with Gasteiger partial charge in [0.2, 0.25) is 0 Å². The van der Waals surface area contributed by atoms with Crippen molar-refractivity contribution in [3.63, 3.8) is 0 Å². The van der Waals surface area contributed by atoms with Gasteiger partial charge in [-0.1, -0.05) is 12.1 Å². The molecule has 1 atom stereocenters. The second-order valence-electron chi connectivity index (χ2n) is 6.41. The number of aryl methyl sites for hydroxylation is 1. The number of tetrazole rings is 1. The van der Waals surface area contributed by atoms with Crippen LogP contribution >= 0.6 is 0 Å². The van der Waals surface area contributed by atoms with Crippen LogP contribution in [0.3, 0.4) is 0 Å². The number of hydrogen-bond donors (Lipinski definition) is 1. The molecule has 1 aromatic carbocycles. The summed E-state index contributed by atoms with van der Waals surface area (Å²) in [7, 11) is 3.55. The van der Waals surface area contributed by atoms with Crippen LogP contribution < -0.4 is 10.1 Å². The molecule has 8 heteroatoms. The van der Waals surface area contributed by atoms with Gasteiger partial charge < -0.3 is 15.0 Å². The molecule has 0 aliphatic carbocycles. The summed E-state index contributed by atoms with van der Waals surface area (Å²) in [6, 6.07) is 7.55. The lowest BCUT2D eigenvalue weighted by Crippen LogP contribution is -2.32. The van der Waals surface area contributed by atoms with Gasteiger partial charge >= 0.3 is 0 Å². The van der Waals surface area contributed by atoms with Gasteiger partial charge in [-0.2, -0.15) is 4.68 Å². The SMILES string of the molecule is CNCC1CCN(C(=O)/C(=C/c2cccc(OC)c2)n2nnnc2C)C1. The molecule has 8 nitrogen and oxygen atoms in total. The molecule has 1 unspecified atom stereocenters. The summed E-state index contributed by atoms with van der Waals surface area (Å²) in [6.07, 6.45) is 2.80. The molecular weight excluding hydrogens is 332 g/mol. The molecule has 0 saturated carbocycles. The predicted octanol–water partition coefficient (Wildman–Crippen LogP) is 1.06. The average Bonchev–Trinajstić information content (AvgIpc) is 3.29. The van der Waals surface area contributed by atoms with Crippen molar-refractivity contribution in [2.45, 2.75) is 13.3 Å². The first-order chi connectivity index (χ1) is 12.6. The van der Waals surface area contributed by atoms with Crippen molar-refractivity contribution >= 4 is 17.7 Å². The molecule has 1 aliphatic heterocycles. The molecule has 1 aliphatic rings. The molecule has 1 N–H and O–H groups in total. The van der Waals surface area contributed by atoms with Crippen LogP contribution in [0.1, 0.15) is 17.8 Å². The first kappa shape index (κ1) is 18.1. The Morgan fingerprint density at radius 1 is 1.46 bits per heavy atom. The second kappa shape index (κ2) is 8.09. The molecule has 138 valence electrons. The molecule has 0 radical (unpaired) electrons. The molecular formula is C18H24N6O2. The van der Waals surface area contributed by atoms with Crippen LogP contribution in [0.4, 0.5) is 0 Å². The average molecular weight is 356 g/mol. The Morgan fingerprint density at radius 3 is 3.00 bits per heavy atom. The largest absolute Gasteiger partial charge is 0.497 e. The molecule has 1 saturated heterocycles. The molecule has 26 heavy (non-hydrogen) atoms. The molecule has 1 aromatic heterocycles. The number of hydrogen-bond acceptors (Lipinski definition) is 6. The second-order valence-corrected chi connectivity index (χ2v) is 6.41. The molecule has 2 heterocycles.